The molecule has 0 spiro atoms. The van der Waals surface area contributed by atoms with E-state index in [-0.39, 0.29) is 6.42 Å². The molecule has 0 aliphatic carbocycles. The van der Waals surface area contributed by atoms with Gasteiger partial charge in [0, 0.05) is 6.42 Å². The van der Waals surface area contributed by atoms with Crippen LogP contribution >= 0.6 is 0 Å². The smallest absolute Gasteiger partial charge is 0.211 e. The van der Waals surface area contributed by atoms with Crippen molar-refractivity contribution in [1.29, 1.82) is 0 Å². The van der Waals surface area contributed by atoms with Crippen molar-refractivity contribution in [1.82, 2.24) is 0 Å². The minimum absolute atomic E-state index is 0.0648. The van der Waals surface area contributed by atoms with Crippen molar-refractivity contribution in [2.75, 3.05) is 0 Å². The van der Waals surface area contributed by atoms with Gasteiger partial charge in [-0.1, -0.05) is 54.6 Å². The Bertz CT molecular complexity index is 446. The molecule has 0 N–H and O–H groups in total. The van der Waals surface area contributed by atoms with Crippen molar-refractivity contribution in [2.24, 2.45) is 0 Å². The topological polar surface area (TPSA) is 0 Å². The van der Waals surface area contributed by atoms with E-state index in [1.165, 1.54) is 0 Å². The maximum atomic E-state index is 12.1. The zero-order valence-corrected chi connectivity index (χ0v) is 9.44. The summed E-state index contributed by atoms with van der Waals surface area (Å²) in [4.78, 5) is 0. The lowest BCUT2D eigenvalue weighted by Gasteiger charge is -2.04. The number of alkyl halides is 2. The molecule has 0 bridgehead atoms. The van der Waals surface area contributed by atoms with Crippen LogP contribution in [0.3, 0.4) is 0 Å². The lowest BCUT2D eigenvalue weighted by atomic mass is 10.0. The maximum Gasteiger partial charge on any atom is 0.239 e. The molecule has 2 rings (SSSR count). The van der Waals surface area contributed by atoms with Gasteiger partial charge in [-0.2, -0.15) is 0 Å². The Labute approximate surface area is 99.9 Å². The molecule has 2 aromatic rings. The van der Waals surface area contributed by atoms with Gasteiger partial charge in [-0.3, -0.25) is 0 Å². The van der Waals surface area contributed by atoms with Crippen LogP contribution in [0.5, 0.6) is 0 Å². The highest BCUT2D eigenvalue weighted by Crippen LogP contribution is 2.20. The summed E-state index contributed by atoms with van der Waals surface area (Å²) in [6.45, 7) is 0. The Morgan fingerprint density at radius 2 is 1.35 bits per heavy atom. The van der Waals surface area contributed by atoms with E-state index in [4.69, 9.17) is 0 Å². The van der Waals surface area contributed by atoms with E-state index in [1.54, 1.807) is 0 Å². The van der Waals surface area contributed by atoms with Crippen LogP contribution < -0.4 is 0 Å². The minimum Gasteiger partial charge on any atom is -0.211 e. The van der Waals surface area contributed by atoms with Crippen molar-refractivity contribution in [3.63, 3.8) is 0 Å². The third-order valence-electron chi connectivity index (χ3n) is 2.71. The third kappa shape index (κ3) is 3.38. The summed E-state index contributed by atoms with van der Waals surface area (Å²) in [5.41, 5.74) is 3.23. The molecule has 0 amide bonds. The van der Waals surface area contributed by atoms with Gasteiger partial charge in [0.2, 0.25) is 6.43 Å². The molecule has 88 valence electrons. The third-order valence-corrected chi connectivity index (χ3v) is 2.71. The van der Waals surface area contributed by atoms with E-state index in [0.29, 0.717) is 6.42 Å². The van der Waals surface area contributed by atoms with Gasteiger partial charge >= 0.3 is 0 Å². The SMILES string of the molecule is FC(F)CCc1ccc(-c2ccccc2)cc1. The number of rotatable bonds is 4. The van der Waals surface area contributed by atoms with Crippen molar-refractivity contribution in [2.45, 2.75) is 19.3 Å². The lowest BCUT2D eigenvalue weighted by Crippen LogP contribution is -1.94. The second kappa shape index (κ2) is 5.58. The standard InChI is InChI=1S/C15H14F2/c16-15(17)11-8-12-6-9-14(10-7-12)13-4-2-1-3-5-13/h1-7,9-10,15H,8,11H2. The summed E-state index contributed by atoms with van der Waals surface area (Å²) < 4.78 is 24.1. The van der Waals surface area contributed by atoms with Gasteiger partial charge in [-0.25, -0.2) is 8.78 Å². The molecule has 2 heteroatoms. The molecule has 0 aliphatic rings. The van der Waals surface area contributed by atoms with Crippen LogP contribution in [0.2, 0.25) is 0 Å². The van der Waals surface area contributed by atoms with Crippen LogP contribution in [0.15, 0.2) is 54.6 Å². The molecular weight excluding hydrogens is 218 g/mol. The Balaban J connectivity index is 2.08. The molecule has 17 heavy (non-hydrogen) atoms. The molecule has 0 aliphatic heterocycles. The normalized spacial score (nSPS) is 10.8. The van der Waals surface area contributed by atoms with Gasteiger partial charge in [0.1, 0.15) is 0 Å². The number of halogens is 2. The number of hydrogen-bond acceptors (Lipinski definition) is 0. The molecule has 0 saturated heterocycles. The first kappa shape index (κ1) is 11.8. The molecule has 0 radical (unpaired) electrons. The van der Waals surface area contributed by atoms with Crippen LogP contribution in [-0.4, -0.2) is 6.43 Å². The van der Waals surface area contributed by atoms with E-state index < -0.39 is 6.43 Å². The van der Waals surface area contributed by atoms with E-state index in [1.807, 2.05) is 54.6 Å². The fourth-order valence-electron chi connectivity index (χ4n) is 1.77. The highest BCUT2D eigenvalue weighted by atomic mass is 19.3. The molecule has 0 unspecified atom stereocenters. The van der Waals surface area contributed by atoms with Crippen molar-refractivity contribution in [3.8, 4) is 11.1 Å². The van der Waals surface area contributed by atoms with Crippen LogP contribution in [0.4, 0.5) is 8.78 Å². The second-order valence-electron chi connectivity index (χ2n) is 3.99. The molecule has 0 heterocycles. The first-order valence-corrected chi connectivity index (χ1v) is 5.68. The van der Waals surface area contributed by atoms with Crippen LogP contribution in [0.1, 0.15) is 12.0 Å². The second-order valence-corrected chi connectivity index (χ2v) is 3.99. The fraction of sp³-hybridized carbons (Fsp3) is 0.200. The van der Waals surface area contributed by atoms with Crippen molar-refractivity contribution >= 4 is 0 Å². The van der Waals surface area contributed by atoms with Crippen LogP contribution in [0, 0.1) is 0 Å². The van der Waals surface area contributed by atoms with Gasteiger partial charge < -0.3 is 0 Å². The summed E-state index contributed by atoms with van der Waals surface area (Å²) in [6, 6.07) is 17.8. The first-order chi connectivity index (χ1) is 8.25. The first-order valence-electron chi connectivity index (χ1n) is 5.68. The molecule has 0 aromatic heterocycles. The summed E-state index contributed by atoms with van der Waals surface area (Å²) in [6.07, 6.45) is -1.85. The monoisotopic (exact) mass is 232 g/mol. The minimum atomic E-state index is -2.22. The van der Waals surface area contributed by atoms with E-state index in [0.717, 1.165) is 16.7 Å². The zero-order chi connectivity index (χ0) is 12.1. The quantitative estimate of drug-likeness (QED) is 0.725. The largest absolute Gasteiger partial charge is 0.239 e. The Morgan fingerprint density at radius 3 is 1.94 bits per heavy atom. The molecule has 0 nitrogen and oxygen atoms in total. The predicted octanol–water partition coefficient (Wildman–Crippen LogP) is 4.55. The molecule has 0 saturated carbocycles. The lowest BCUT2D eigenvalue weighted by molar-refractivity contribution is 0.138. The van der Waals surface area contributed by atoms with Gasteiger partial charge in [-0.05, 0) is 23.1 Å². The van der Waals surface area contributed by atoms with Gasteiger partial charge in [-0.15, -0.1) is 0 Å². The molecular formula is C15H14F2. The van der Waals surface area contributed by atoms with Gasteiger partial charge in [0.15, 0.2) is 0 Å². The highest BCUT2D eigenvalue weighted by molar-refractivity contribution is 5.63. The number of hydrogen-bond donors (Lipinski definition) is 0. The highest BCUT2D eigenvalue weighted by Gasteiger charge is 2.03. The average molecular weight is 232 g/mol. The molecule has 0 atom stereocenters. The fourth-order valence-corrected chi connectivity index (χ4v) is 1.77. The van der Waals surface area contributed by atoms with E-state index >= 15 is 0 Å². The Morgan fingerprint density at radius 1 is 0.765 bits per heavy atom. The summed E-state index contributed by atoms with van der Waals surface area (Å²) >= 11 is 0. The number of benzene rings is 2. The van der Waals surface area contributed by atoms with E-state index in [9.17, 15) is 8.78 Å². The van der Waals surface area contributed by atoms with Gasteiger partial charge in [0.25, 0.3) is 0 Å². The maximum absolute atomic E-state index is 12.1. The molecule has 2 aromatic carbocycles. The predicted molar refractivity (Wildman–Crippen MR) is 66.2 cm³/mol. The summed E-state index contributed by atoms with van der Waals surface area (Å²) in [5, 5.41) is 0. The Hall–Kier alpha value is -1.70. The van der Waals surface area contributed by atoms with Crippen molar-refractivity contribution < 1.29 is 8.78 Å². The van der Waals surface area contributed by atoms with Crippen molar-refractivity contribution in [3.05, 3.63) is 60.2 Å². The average Bonchev–Trinajstić information content (AvgIpc) is 2.38. The number of aryl methyl sites for hydroxylation is 1. The van der Waals surface area contributed by atoms with Crippen LogP contribution in [-0.2, 0) is 6.42 Å². The van der Waals surface area contributed by atoms with Crippen LogP contribution in [0.25, 0.3) is 11.1 Å². The zero-order valence-electron chi connectivity index (χ0n) is 9.44. The Kier molecular flexibility index (Phi) is 3.86. The van der Waals surface area contributed by atoms with Gasteiger partial charge in [0.05, 0.1) is 0 Å². The summed E-state index contributed by atoms with van der Waals surface area (Å²) in [7, 11) is 0. The van der Waals surface area contributed by atoms with E-state index in [2.05, 4.69) is 0 Å². The summed E-state index contributed by atoms with van der Waals surface area (Å²) in [5.74, 6) is 0. The molecule has 0 fully saturated rings.